The second kappa shape index (κ2) is 8.27. The molecule has 0 amide bonds. The molecular formula is C16H15NO2Se. The number of para-hydroxylation sites is 1. The fraction of sp³-hybridized carbons (Fsp3) is 0.188. The Morgan fingerprint density at radius 3 is 2.25 bits per heavy atom. The fourth-order valence-electron chi connectivity index (χ4n) is 1.60. The van der Waals surface area contributed by atoms with Crippen molar-refractivity contribution >= 4 is 15.0 Å². The third-order valence-corrected chi connectivity index (χ3v) is 3.83. The van der Waals surface area contributed by atoms with Crippen LogP contribution in [0, 0.1) is 10.2 Å². The van der Waals surface area contributed by atoms with Crippen LogP contribution in [0.25, 0.3) is 0 Å². The predicted octanol–water partition coefficient (Wildman–Crippen LogP) is 3.85. The van der Waals surface area contributed by atoms with E-state index in [1.807, 2.05) is 54.6 Å². The Balaban J connectivity index is 1.79. The molecule has 0 N–H and O–H groups in total. The molecule has 0 fully saturated rings. The second-order valence-corrected chi connectivity index (χ2v) is 5.87. The van der Waals surface area contributed by atoms with Crippen molar-refractivity contribution < 1.29 is 9.47 Å². The minimum absolute atomic E-state index is 0.0940. The molecule has 0 bridgehead atoms. The van der Waals surface area contributed by atoms with Crippen molar-refractivity contribution in [1.82, 2.24) is 0 Å². The summed E-state index contributed by atoms with van der Waals surface area (Å²) in [6, 6.07) is 17.2. The predicted molar refractivity (Wildman–Crippen MR) is 79.2 cm³/mol. The molecule has 0 saturated heterocycles. The van der Waals surface area contributed by atoms with Crippen LogP contribution in [-0.4, -0.2) is 21.6 Å². The van der Waals surface area contributed by atoms with Gasteiger partial charge in [0.1, 0.15) is 0 Å². The maximum atomic E-state index is 8.46. The Bertz CT molecular complexity index is 549. The zero-order valence-corrected chi connectivity index (χ0v) is 12.7. The van der Waals surface area contributed by atoms with Crippen molar-refractivity contribution in [3.63, 3.8) is 0 Å². The third-order valence-electron chi connectivity index (χ3n) is 2.53. The van der Waals surface area contributed by atoms with Gasteiger partial charge < -0.3 is 0 Å². The van der Waals surface area contributed by atoms with Crippen LogP contribution in [0.4, 0.5) is 0 Å². The molecule has 4 heteroatoms. The van der Waals surface area contributed by atoms with E-state index in [0.717, 1.165) is 29.0 Å². The molecular weight excluding hydrogens is 317 g/mol. The van der Waals surface area contributed by atoms with Crippen molar-refractivity contribution in [2.24, 2.45) is 0 Å². The molecule has 0 aliphatic rings. The molecule has 0 aliphatic carbocycles. The van der Waals surface area contributed by atoms with Gasteiger partial charge >= 0.3 is 119 Å². The van der Waals surface area contributed by atoms with Gasteiger partial charge in [0.2, 0.25) is 0 Å². The van der Waals surface area contributed by atoms with Crippen LogP contribution in [0.2, 0.25) is 5.32 Å². The van der Waals surface area contributed by atoms with Gasteiger partial charge in [-0.2, -0.15) is 0 Å². The number of rotatable bonds is 7. The average molecular weight is 332 g/mol. The van der Waals surface area contributed by atoms with Crippen molar-refractivity contribution in [3.8, 4) is 22.2 Å². The van der Waals surface area contributed by atoms with E-state index in [0.29, 0.717) is 6.61 Å². The third kappa shape index (κ3) is 4.97. The molecule has 0 spiro atoms. The summed E-state index contributed by atoms with van der Waals surface area (Å²) in [6.45, 7) is 0.655. The number of hydrogen-bond donors (Lipinski definition) is 0. The zero-order valence-electron chi connectivity index (χ0n) is 11.0. The van der Waals surface area contributed by atoms with Gasteiger partial charge in [0.15, 0.2) is 0 Å². The number of nitrogens with zero attached hydrogens (tertiary/aromatic N) is 1. The first kappa shape index (κ1) is 14.5. The minimum atomic E-state index is 0.0940. The van der Waals surface area contributed by atoms with Crippen molar-refractivity contribution in [2.45, 2.75) is 11.7 Å². The van der Waals surface area contributed by atoms with E-state index >= 15 is 0 Å². The van der Waals surface area contributed by atoms with Crippen molar-refractivity contribution in [3.05, 3.63) is 54.6 Å². The van der Waals surface area contributed by atoms with Gasteiger partial charge in [0, 0.05) is 0 Å². The summed E-state index contributed by atoms with van der Waals surface area (Å²) in [6.07, 6.45) is 0.926. The Hall–Kier alpha value is -1.95. The first-order valence-corrected chi connectivity index (χ1v) is 8.42. The quantitative estimate of drug-likeness (QED) is 0.571. The van der Waals surface area contributed by atoms with Crippen LogP contribution >= 0.6 is 0 Å². The second-order valence-electron chi connectivity index (χ2n) is 4.03. The van der Waals surface area contributed by atoms with E-state index in [1.165, 1.54) is 0 Å². The standard InChI is InChI=1S/C16H15NO2Se/c17-13-20-12-4-11-18-14-7-9-16(10-8-14)19-15-5-2-1-3-6-15/h1-3,5-10H,4,11-12H2. The van der Waals surface area contributed by atoms with E-state index in [4.69, 9.17) is 14.7 Å². The fourth-order valence-corrected chi connectivity index (χ4v) is 2.34. The molecule has 2 rings (SSSR count). The molecule has 0 atom stereocenters. The monoisotopic (exact) mass is 333 g/mol. The molecule has 0 heterocycles. The maximum absolute atomic E-state index is 8.46. The van der Waals surface area contributed by atoms with Crippen LogP contribution in [0.3, 0.4) is 0 Å². The molecule has 0 saturated carbocycles. The molecule has 0 aliphatic heterocycles. The van der Waals surface area contributed by atoms with E-state index in [9.17, 15) is 0 Å². The molecule has 0 unspecified atom stereocenters. The molecule has 20 heavy (non-hydrogen) atoms. The first-order chi connectivity index (χ1) is 9.88. The van der Waals surface area contributed by atoms with Crippen LogP contribution in [-0.2, 0) is 0 Å². The Labute approximate surface area is 125 Å². The summed E-state index contributed by atoms with van der Waals surface area (Å²) >= 11 is 0.0940. The van der Waals surface area contributed by atoms with Gasteiger partial charge in [0.05, 0.1) is 0 Å². The SMILES string of the molecule is N#C[Se]CCCOc1ccc(Oc2ccccc2)cc1. The van der Waals surface area contributed by atoms with Gasteiger partial charge in [-0.1, -0.05) is 6.07 Å². The normalized spacial score (nSPS) is 9.75. The molecule has 2 aromatic carbocycles. The van der Waals surface area contributed by atoms with E-state index in [2.05, 4.69) is 4.97 Å². The van der Waals surface area contributed by atoms with Crippen LogP contribution in [0.5, 0.6) is 17.2 Å². The summed E-state index contributed by atoms with van der Waals surface area (Å²) in [5.74, 6) is 2.44. The van der Waals surface area contributed by atoms with Gasteiger partial charge in [-0.3, -0.25) is 0 Å². The average Bonchev–Trinajstić information content (AvgIpc) is 2.50. The molecule has 0 aromatic heterocycles. The molecule has 3 nitrogen and oxygen atoms in total. The Kier molecular flexibility index (Phi) is 5.98. The molecule has 0 radical (unpaired) electrons. The molecule has 102 valence electrons. The van der Waals surface area contributed by atoms with Gasteiger partial charge in [-0.25, -0.2) is 0 Å². The Morgan fingerprint density at radius 1 is 0.900 bits per heavy atom. The van der Waals surface area contributed by atoms with E-state index in [-0.39, 0.29) is 15.0 Å². The summed E-state index contributed by atoms with van der Waals surface area (Å²) in [5, 5.41) is 9.40. The van der Waals surface area contributed by atoms with E-state index in [1.54, 1.807) is 0 Å². The molecule has 2 aromatic rings. The van der Waals surface area contributed by atoms with Crippen molar-refractivity contribution in [2.75, 3.05) is 6.61 Å². The summed E-state index contributed by atoms with van der Waals surface area (Å²) < 4.78 is 11.3. The van der Waals surface area contributed by atoms with Crippen molar-refractivity contribution in [1.29, 1.82) is 5.26 Å². The summed E-state index contributed by atoms with van der Waals surface area (Å²) in [7, 11) is 0. The zero-order chi connectivity index (χ0) is 14.0. The van der Waals surface area contributed by atoms with Crippen LogP contribution < -0.4 is 9.47 Å². The summed E-state index contributed by atoms with van der Waals surface area (Å²) in [5.41, 5.74) is 0. The summed E-state index contributed by atoms with van der Waals surface area (Å²) in [4.78, 5) is 2.19. The number of nitriles is 1. The van der Waals surface area contributed by atoms with Gasteiger partial charge in [-0.15, -0.1) is 0 Å². The number of benzene rings is 2. The van der Waals surface area contributed by atoms with E-state index < -0.39 is 0 Å². The number of ether oxygens (including phenoxy) is 2. The topological polar surface area (TPSA) is 42.2 Å². The van der Waals surface area contributed by atoms with Crippen LogP contribution in [0.1, 0.15) is 6.42 Å². The van der Waals surface area contributed by atoms with Gasteiger partial charge in [-0.05, 0) is 0 Å². The first-order valence-electron chi connectivity index (χ1n) is 6.35. The van der Waals surface area contributed by atoms with Crippen LogP contribution in [0.15, 0.2) is 54.6 Å². The van der Waals surface area contributed by atoms with Gasteiger partial charge in [0.25, 0.3) is 0 Å². The Morgan fingerprint density at radius 2 is 1.55 bits per heavy atom. The number of hydrogen-bond acceptors (Lipinski definition) is 3.